The molecule has 1 aliphatic rings. The van der Waals surface area contributed by atoms with Crippen molar-refractivity contribution in [3.63, 3.8) is 0 Å². The highest BCUT2D eigenvalue weighted by molar-refractivity contribution is 7.90. The number of nitrogens with one attached hydrogen (secondary N) is 2. The number of sulfonamides is 1. The lowest BCUT2D eigenvalue weighted by Gasteiger charge is -2.30. The van der Waals surface area contributed by atoms with Gasteiger partial charge in [0.1, 0.15) is 4.90 Å². The molecule has 2 rings (SSSR count). The van der Waals surface area contributed by atoms with Crippen LogP contribution in [-0.4, -0.2) is 25.0 Å². The normalized spacial score (nSPS) is 16.7. The van der Waals surface area contributed by atoms with Gasteiger partial charge in [0.05, 0.1) is 15.6 Å². The van der Waals surface area contributed by atoms with Crippen LogP contribution in [0.5, 0.6) is 0 Å². The van der Waals surface area contributed by atoms with Crippen molar-refractivity contribution in [2.24, 2.45) is 0 Å². The number of nitrogens with zero attached hydrogens (tertiary/aromatic N) is 1. The van der Waals surface area contributed by atoms with Crippen LogP contribution < -0.4 is 10.1 Å². The summed E-state index contributed by atoms with van der Waals surface area (Å²) < 4.78 is 26.5. The highest BCUT2D eigenvalue weighted by Gasteiger charge is 2.35. The molecule has 2 N–H and O–H groups in total. The van der Waals surface area contributed by atoms with Crippen LogP contribution in [0.25, 0.3) is 0 Å². The van der Waals surface area contributed by atoms with Gasteiger partial charge in [0.15, 0.2) is 0 Å². The fraction of sp³-hybridized carbons (Fsp3) is 0.250. The Morgan fingerprint density at radius 2 is 1.86 bits per heavy atom. The maximum absolute atomic E-state index is 12.3. The predicted molar refractivity (Wildman–Crippen MR) is 80.4 cm³/mol. The molecule has 0 aromatic heterocycles. The molecule has 0 unspecified atom stereocenters. The van der Waals surface area contributed by atoms with E-state index in [0.717, 1.165) is 5.01 Å². The number of hydrazine groups is 1. The Morgan fingerprint density at radius 3 is 2.33 bits per heavy atom. The van der Waals surface area contributed by atoms with Gasteiger partial charge in [-0.1, -0.05) is 29.3 Å². The molecule has 2 amide bonds. The average Bonchev–Trinajstić information content (AvgIpc) is 2.67. The number of amides is 2. The average molecular weight is 350 g/mol. The summed E-state index contributed by atoms with van der Waals surface area (Å²) in [6.07, 6.45) is 3.27. The summed E-state index contributed by atoms with van der Waals surface area (Å²) in [6, 6.07) is 3.44. The fourth-order valence-corrected chi connectivity index (χ4v) is 3.91. The van der Waals surface area contributed by atoms with Gasteiger partial charge in [-0.2, -0.15) is 0 Å². The van der Waals surface area contributed by atoms with Gasteiger partial charge in [-0.3, -0.25) is 0 Å². The molecule has 6 nitrogen and oxygen atoms in total. The molecular formula is C12H13Cl2N3O3S. The molecule has 114 valence electrons. The Labute approximate surface area is 132 Å². The minimum absolute atomic E-state index is 0.0606. The zero-order chi connectivity index (χ0) is 15.8. The lowest BCUT2D eigenvalue weighted by atomic mass is 10.1. The number of carbonyl (C=O) groups excluding carboxylic acids is 1. The maximum atomic E-state index is 12.3. The minimum Gasteiger partial charge on any atom is -0.301 e. The third-order valence-electron chi connectivity index (χ3n) is 2.88. The van der Waals surface area contributed by atoms with Crippen molar-refractivity contribution in [2.75, 3.05) is 0 Å². The summed E-state index contributed by atoms with van der Waals surface area (Å²) in [7, 11) is -4.18. The van der Waals surface area contributed by atoms with E-state index in [4.69, 9.17) is 23.2 Å². The molecule has 1 heterocycles. The van der Waals surface area contributed by atoms with E-state index in [1.54, 1.807) is 26.1 Å². The quantitative estimate of drug-likeness (QED) is 0.859. The first-order valence-electron chi connectivity index (χ1n) is 5.90. The first kappa shape index (κ1) is 15.9. The van der Waals surface area contributed by atoms with E-state index in [1.165, 1.54) is 18.2 Å². The Bertz CT molecular complexity index is 696. The molecular weight excluding hydrogens is 337 g/mol. The third kappa shape index (κ3) is 3.09. The fourth-order valence-electron chi connectivity index (χ4n) is 1.83. The van der Waals surface area contributed by atoms with Crippen LogP contribution in [0.15, 0.2) is 35.4 Å². The molecule has 0 atom stereocenters. The smallest absolute Gasteiger partial charge is 0.301 e. The van der Waals surface area contributed by atoms with Gasteiger partial charge in [0, 0.05) is 6.20 Å². The van der Waals surface area contributed by atoms with E-state index in [2.05, 4.69) is 5.43 Å². The predicted octanol–water partition coefficient (Wildman–Crippen LogP) is 2.50. The molecule has 0 saturated carbocycles. The minimum atomic E-state index is -4.18. The van der Waals surface area contributed by atoms with E-state index in [0.29, 0.717) is 0 Å². The second kappa shape index (κ2) is 5.40. The van der Waals surface area contributed by atoms with Crippen molar-refractivity contribution in [2.45, 2.75) is 24.3 Å². The molecule has 0 fully saturated rings. The molecule has 0 radical (unpaired) electrons. The van der Waals surface area contributed by atoms with Crippen LogP contribution in [0.4, 0.5) is 4.79 Å². The van der Waals surface area contributed by atoms with E-state index >= 15 is 0 Å². The molecule has 1 aromatic rings. The van der Waals surface area contributed by atoms with E-state index < -0.39 is 21.6 Å². The van der Waals surface area contributed by atoms with Gasteiger partial charge >= 0.3 is 6.03 Å². The van der Waals surface area contributed by atoms with Gasteiger partial charge in [0.2, 0.25) is 0 Å². The van der Waals surface area contributed by atoms with Gasteiger partial charge in [-0.25, -0.2) is 22.9 Å². The van der Waals surface area contributed by atoms with Crippen molar-refractivity contribution >= 4 is 39.3 Å². The number of hydrogen-bond donors (Lipinski definition) is 2. The van der Waals surface area contributed by atoms with Crippen LogP contribution in [0.2, 0.25) is 10.0 Å². The second-order valence-electron chi connectivity index (χ2n) is 4.91. The van der Waals surface area contributed by atoms with Crippen molar-refractivity contribution in [3.8, 4) is 0 Å². The van der Waals surface area contributed by atoms with Gasteiger partial charge in [0.25, 0.3) is 10.0 Å². The Morgan fingerprint density at radius 1 is 1.29 bits per heavy atom. The van der Waals surface area contributed by atoms with Crippen LogP contribution in [-0.2, 0) is 10.0 Å². The summed E-state index contributed by atoms with van der Waals surface area (Å²) in [5, 5.41) is 1.03. The van der Waals surface area contributed by atoms with Crippen LogP contribution in [0.1, 0.15) is 13.8 Å². The van der Waals surface area contributed by atoms with E-state index in [1.807, 2.05) is 4.72 Å². The summed E-state index contributed by atoms with van der Waals surface area (Å²) in [5.74, 6) is 0. The molecule has 1 aromatic carbocycles. The Hall–Kier alpha value is -1.44. The Kier molecular flexibility index (Phi) is 4.10. The van der Waals surface area contributed by atoms with Gasteiger partial charge < -0.3 is 5.43 Å². The SMILES string of the molecule is CC1(C)C=CNN1C(=O)NS(=O)(=O)c1c(Cl)cccc1Cl. The van der Waals surface area contributed by atoms with Crippen molar-refractivity contribution in [3.05, 3.63) is 40.5 Å². The summed E-state index contributed by atoms with van der Waals surface area (Å²) in [5.41, 5.74) is 2.00. The molecule has 0 spiro atoms. The highest BCUT2D eigenvalue weighted by Crippen LogP contribution is 2.29. The third-order valence-corrected chi connectivity index (χ3v) is 5.16. The summed E-state index contributed by atoms with van der Waals surface area (Å²) >= 11 is 11.7. The number of rotatable bonds is 2. The van der Waals surface area contributed by atoms with Crippen LogP contribution in [0, 0.1) is 0 Å². The van der Waals surface area contributed by atoms with Gasteiger partial charge in [-0.15, -0.1) is 0 Å². The lowest BCUT2D eigenvalue weighted by Crippen LogP contribution is -2.54. The monoisotopic (exact) mass is 349 g/mol. The molecule has 1 aliphatic heterocycles. The van der Waals surface area contributed by atoms with Gasteiger partial charge in [-0.05, 0) is 32.1 Å². The highest BCUT2D eigenvalue weighted by atomic mass is 35.5. The van der Waals surface area contributed by atoms with Crippen molar-refractivity contribution in [1.29, 1.82) is 0 Å². The van der Waals surface area contributed by atoms with Crippen molar-refractivity contribution in [1.82, 2.24) is 15.2 Å². The maximum Gasteiger partial charge on any atom is 0.350 e. The lowest BCUT2D eigenvalue weighted by molar-refractivity contribution is 0.152. The summed E-state index contributed by atoms with van der Waals surface area (Å²) in [4.78, 5) is 11.8. The van der Waals surface area contributed by atoms with E-state index in [9.17, 15) is 13.2 Å². The van der Waals surface area contributed by atoms with E-state index in [-0.39, 0.29) is 14.9 Å². The number of benzene rings is 1. The number of carbonyl (C=O) groups is 1. The standard InChI is InChI=1S/C12H13Cl2N3O3S/c1-12(2)6-7-15-17(12)11(18)16-21(19,20)10-8(13)4-3-5-9(10)14/h3-7,15H,1-2H3,(H,16,18). The topological polar surface area (TPSA) is 78.5 Å². The number of halogens is 2. The first-order chi connectivity index (χ1) is 9.65. The van der Waals surface area contributed by atoms with Crippen LogP contribution in [0.3, 0.4) is 0 Å². The van der Waals surface area contributed by atoms with Crippen LogP contribution >= 0.6 is 23.2 Å². The largest absolute Gasteiger partial charge is 0.350 e. The molecule has 0 saturated heterocycles. The second-order valence-corrected chi connectivity index (χ2v) is 7.35. The number of urea groups is 1. The Balaban J connectivity index is 2.29. The zero-order valence-electron chi connectivity index (χ0n) is 11.2. The molecule has 21 heavy (non-hydrogen) atoms. The number of hydrogen-bond acceptors (Lipinski definition) is 4. The zero-order valence-corrected chi connectivity index (χ0v) is 13.6. The molecule has 9 heteroatoms. The molecule has 0 bridgehead atoms. The summed E-state index contributed by atoms with van der Waals surface area (Å²) in [6.45, 7) is 3.50. The molecule has 0 aliphatic carbocycles. The van der Waals surface area contributed by atoms with Crippen molar-refractivity contribution < 1.29 is 13.2 Å². The first-order valence-corrected chi connectivity index (χ1v) is 8.14.